The number of benzene rings is 1. The van der Waals surface area contributed by atoms with Crippen LogP contribution in [0.5, 0.6) is 0 Å². The Labute approximate surface area is 118 Å². The molecule has 4 nitrogen and oxygen atoms in total. The highest BCUT2D eigenvalue weighted by molar-refractivity contribution is 5.43. The van der Waals surface area contributed by atoms with Crippen molar-refractivity contribution in [1.82, 2.24) is 15.5 Å². The van der Waals surface area contributed by atoms with Crippen molar-refractivity contribution in [3.63, 3.8) is 0 Å². The second kappa shape index (κ2) is 5.02. The lowest BCUT2D eigenvalue weighted by atomic mass is 9.77. The molecule has 1 aliphatic carbocycles. The van der Waals surface area contributed by atoms with E-state index in [1.807, 2.05) is 0 Å². The molecule has 2 heterocycles. The van der Waals surface area contributed by atoms with Crippen molar-refractivity contribution in [2.45, 2.75) is 31.6 Å². The third-order valence-corrected chi connectivity index (χ3v) is 4.51. The molecule has 20 heavy (non-hydrogen) atoms. The molecule has 1 fully saturated rings. The Kier molecular flexibility index (Phi) is 3.03. The van der Waals surface area contributed by atoms with Crippen molar-refractivity contribution in [3.05, 3.63) is 47.1 Å². The maximum Gasteiger partial charge on any atom is 0.226 e. The number of fused-ring (bicyclic) bond motifs is 1. The number of nitrogens with one attached hydrogen (secondary N) is 1. The van der Waals surface area contributed by atoms with Crippen LogP contribution in [0.15, 0.2) is 28.8 Å². The zero-order chi connectivity index (χ0) is 13.4. The number of piperidine rings is 1. The predicted molar refractivity (Wildman–Crippen MR) is 75.6 cm³/mol. The van der Waals surface area contributed by atoms with Crippen LogP contribution in [0.25, 0.3) is 0 Å². The van der Waals surface area contributed by atoms with Gasteiger partial charge in [0, 0.05) is 6.42 Å². The Morgan fingerprint density at radius 3 is 3.10 bits per heavy atom. The van der Waals surface area contributed by atoms with E-state index < -0.39 is 0 Å². The van der Waals surface area contributed by atoms with Gasteiger partial charge >= 0.3 is 0 Å². The van der Waals surface area contributed by atoms with Crippen molar-refractivity contribution >= 4 is 0 Å². The van der Waals surface area contributed by atoms with Crippen LogP contribution >= 0.6 is 0 Å². The fourth-order valence-corrected chi connectivity index (χ4v) is 3.33. The fraction of sp³-hybridized carbons (Fsp3) is 0.500. The molecule has 1 N–H and O–H groups in total. The third-order valence-electron chi connectivity index (χ3n) is 4.51. The average molecular weight is 269 g/mol. The summed E-state index contributed by atoms with van der Waals surface area (Å²) in [5.74, 6) is 2.65. The summed E-state index contributed by atoms with van der Waals surface area (Å²) in [6, 6.07) is 8.53. The van der Waals surface area contributed by atoms with Gasteiger partial charge < -0.3 is 9.84 Å². The SMILES string of the molecule is c1ccc2c(c1)CC2c1noc(CC2CCCNC2)n1. The molecule has 0 amide bonds. The second-order valence-electron chi connectivity index (χ2n) is 5.92. The first-order valence-electron chi connectivity index (χ1n) is 7.51. The van der Waals surface area contributed by atoms with E-state index in [4.69, 9.17) is 4.52 Å². The van der Waals surface area contributed by atoms with Gasteiger partial charge in [-0.1, -0.05) is 29.4 Å². The molecule has 1 saturated heterocycles. The minimum Gasteiger partial charge on any atom is -0.339 e. The van der Waals surface area contributed by atoms with Gasteiger partial charge in [0.05, 0.1) is 5.92 Å². The smallest absolute Gasteiger partial charge is 0.226 e. The summed E-state index contributed by atoms with van der Waals surface area (Å²) in [5, 5.41) is 7.63. The van der Waals surface area contributed by atoms with Crippen molar-refractivity contribution in [2.24, 2.45) is 5.92 Å². The van der Waals surface area contributed by atoms with Crippen molar-refractivity contribution in [3.8, 4) is 0 Å². The molecular formula is C16H19N3O. The molecule has 1 aliphatic heterocycles. The van der Waals surface area contributed by atoms with Crippen LogP contribution in [0.4, 0.5) is 0 Å². The largest absolute Gasteiger partial charge is 0.339 e. The van der Waals surface area contributed by atoms with Gasteiger partial charge in [0.1, 0.15) is 0 Å². The molecule has 0 radical (unpaired) electrons. The van der Waals surface area contributed by atoms with Crippen LogP contribution in [-0.4, -0.2) is 23.2 Å². The lowest BCUT2D eigenvalue weighted by Crippen LogP contribution is -2.30. The minimum absolute atomic E-state index is 0.341. The number of rotatable bonds is 3. The monoisotopic (exact) mass is 269 g/mol. The van der Waals surface area contributed by atoms with Gasteiger partial charge in [-0.2, -0.15) is 4.98 Å². The summed E-state index contributed by atoms with van der Waals surface area (Å²) in [4.78, 5) is 4.62. The summed E-state index contributed by atoms with van der Waals surface area (Å²) in [6.07, 6.45) is 4.47. The Balaban J connectivity index is 1.46. The van der Waals surface area contributed by atoms with E-state index in [9.17, 15) is 0 Å². The summed E-state index contributed by atoms with van der Waals surface area (Å²) in [6.45, 7) is 2.22. The fourth-order valence-electron chi connectivity index (χ4n) is 3.33. The average Bonchev–Trinajstić information content (AvgIpc) is 2.89. The summed E-state index contributed by atoms with van der Waals surface area (Å²) in [7, 11) is 0. The van der Waals surface area contributed by atoms with Crippen molar-refractivity contribution in [2.75, 3.05) is 13.1 Å². The van der Waals surface area contributed by atoms with E-state index in [1.54, 1.807) is 0 Å². The molecular weight excluding hydrogens is 250 g/mol. The lowest BCUT2D eigenvalue weighted by Gasteiger charge is -2.27. The van der Waals surface area contributed by atoms with E-state index >= 15 is 0 Å². The van der Waals surface area contributed by atoms with E-state index in [2.05, 4.69) is 39.7 Å². The number of nitrogens with zero attached hydrogens (tertiary/aromatic N) is 2. The van der Waals surface area contributed by atoms with Crippen LogP contribution in [0.3, 0.4) is 0 Å². The van der Waals surface area contributed by atoms with Crippen LogP contribution in [0.2, 0.25) is 0 Å². The Bertz CT molecular complexity index is 601. The summed E-state index contributed by atoms with van der Waals surface area (Å²) < 4.78 is 5.45. The van der Waals surface area contributed by atoms with E-state index in [0.717, 1.165) is 37.6 Å². The van der Waals surface area contributed by atoms with Crippen LogP contribution in [0, 0.1) is 5.92 Å². The van der Waals surface area contributed by atoms with Gasteiger partial charge in [0.25, 0.3) is 0 Å². The lowest BCUT2D eigenvalue weighted by molar-refractivity contribution is 0.313. The molecule has 2 aliphatic rings. The molecule has 0 saturated carbocycles. The van der Waals surface area contributed by atoms with Gasteiger partial charge in [-0.05, 0) is 49.4 Å². The summed E-state index contributed by atoms with van der Waals surface area (Å²) >= 11 is 0. The number of hydrogen-bond acceptors (Lipinski definition) is 4. The molecule has 4 rings (SSSR count). The molecule has 2 atom stereocenters. The molecule has 1 aromatic heterocycles. The van der Waals surface area contributed by atoms with Crippen LogP contribution in [-0.2, 0) is 12.8 Å². The molecule has 4 heteroatoms. The molecule has 1 aromatic carbocycles. The van der Waals surface area contributed by atoms with E-state index in [1.165, 1.54) is 24.0 Å². The van der Waals surface area contributed by atoms with Crippen LogP contribution < -0.4 is 5.32 Å². The summed E-state index contributed by atoms with van der Waals surface area (Å²) in [5.41, 5.74) is 2.78. The molecule has 0 bridgehead atoms. The Morgan fingerprint density at radius 1 is 1.30 bits per heavy atom. The predicted octanol–water partition coefficient (Wildman–Crippen LogP) is 2.30. The topological polar surface area (TPSA) is 51.0 Å². The first-order valence-corrected chi connectivity index (χ1v) is 7.51. The van der Waals surface area contributed by atoms with Crippen molar-refractivity contribution < 1.29 is 4.52 Å². The quantitative estimate of drug-likeness (QED) is 0.929. The first kappa shape index (κ1) is 12.1. The third kappa shape index (κ3) is 2.14. The number of aromatic nitrogens is 2. The standard InChI is InChI=1S/C16H19N3O/c1-2-6-13-12(5-1)9-14(13)16-18-15(20-19-16)8-11-4-3-7-17-10-11/h1-2,5-6,11,14,17H,3-4,7-10H2. The molecule has 2 unspecified atom stereocenters. The number of hydrogen-bond donors (Lipinski definition) is 1. The highest BCUT2D eigenvalue weighted by atomic mass is 16.5. The maximum atomic E-state index is 5.45. The molecule has 0 spiro atoms. The second-order valence-corrected chi connectivity index (χ2v) is 5.92. The zero-order valence-electron chi connectivity index (χ0n) is 11.5. The first-order chi connectivity index (χ1) is 9.90. The van der Waals surface area contributed by atoms with Crippen LogP contribution in [0.1, 0.15) is 41.6 Å². The maximum absolute atomic E-state index is 5.45. The Morgan fingerprint density at radius 2 is 2.25 bits per heavy atom. The minimum atomic E-state index is 0.341. The van der Waals surface area contributed by atoms with Gasteiger partial charge in [-0.25, -0.2) is 0 Å². The van der Waals surface area contributed by atoms with Gasteiger partial charge in [-0.3, -0.25) is 0 Å². The normalized spacial score (nSPS) is 25.0. The Hall–Kier alpha value is -1.68. The highest BCUT2D eigenvalue weighted by Crippen LogP contribution is 2.38. The van der Waals surface area contributed by atoms with Gasteiger partial charge in [0.15, 0.2) is 5.82 Å². The van der Waals surface area contributed by atoms with E-state index in [0.29, 0.717) is 11.8 Å². The highest BCUT2D eigenvalue weighted by Gasteiger charge is 2.31. The van der Waals surface area contributed by atoms with E-state index in [-0.39, 0.29) is 0 Å². The van der Waals surface area contributed by atoms with Crippen molar-refractivity contribution in [1.29, 1.82) is 0 Å². The molecule has 104 valence electrons. The molecule has 2 aromatic rings. The van der Waals surface area contributed by atoms with Gasteiger partial charge in [0.2, 0.25) is 5.89 Å². The van der Waals surface area contributed by atoms with Gasteiger partial charge in [-0.15, -0.1) is 0 Å². The zero-order valence-corrected chi connectivity index (χ0v) is 11.5.